The maximum absolute atomic E-state index is 12.7. The van der Waals surface area contributed by atoms with Crippen molar-refractivity contribution in [3.8, 4) is 17.0 Å². The van der Waals surface area contributed by atoms with Crippen molar-refractivity contribution in [1.82, 2.24) is 30.1 Å². The van der Waals surface area contributed by atoms with Crippen LogP contribution < -0.4 is 20.7 Å². The zero-order valence-corrected chi connectivity index (χ0v) is 20.4. The van der Waals surface area contributed by atoms with E-state index in [9.17, 15) is 18.3 Å². The van der Waals surface area contributed by atoms with Crippen LogP contribution in [0.1, 0.15) is 11.8 Å². The van der Waals surface area contributed by atoms with Gasteiger partial charge in [-0.3, -0.25) is 10.2 Å². The Kier molecular flexibility index (Phi) is 7.74. The Hall–Kier alpha value is -3.71. The number of benzene rings is 2. The predicted octanol–water partition coefficient (Wildman–Crippen LogP) is 3.52. The van der Waals surface area contributed by atoms with Gasteiger partial charge in [-0.2, -0.15) is 4.98 Å². The number of halogens is 3. The van der Waals surface area contributed by atoms with Gasteiger partial charge >= 0.3 is 6.36 Å². The lowest BCUT2D eigenvalue weighted by Gasteiger charge is -2.27. The van der Waals surface area contributed by atoms with Crippen molar-refractivity contribution < 1.29 is 23.0 Å². The van der Waals surface area contributed by atoms with E-state index in [1.54, 1.807) is 28.8 Å². The minimum absolute atomic E-state index is 0.314. The molecule has 0 saturated carbocycles. The maximum Gasteiger partial charge on any atom is 0.573 e. The first-order chi connectivity index (χ1) is 18.3. The summed E-state index contributed by atoms with van der Waals surface area (Å²) in [5.74, 6) is 0.00798. The molecule has 0 radical (unpaired) electrons. The van der Waals surface area contributed by atoms with E-state index in [-0.39, 0.29) is 5.75 Å². The normalized spacial score (nSPS) is 15.5. The van der Waals surface area contributed by atoms with Gasteiger partial charge in [0, 0.05) is 50.5 Å². The fourth-order valence-corrected chi connectivity index (χ4v) is 4.32. The number of hydrogen-bond donors (Lipinski definition) is 4. The van der Waals surface area contributed by atoms with Crippen LogP contribution in [0.25, 0.3) is 16.9 Å². The van der Waals surface area contributed by atoms with Crippen molar-refractivity contribution in [3.05, 3.63) is 72.3 Å². The lowest BCUT2D eigenvalue weighted by molar-refractivity contribution is -0.274. The van der Waals surface area contributed by atoms with Crippen molar-refractivity contribution in [1.29, 1.82) is 0 Å². The summed E-state index contributed by atoms with van der Waals surface area (Å²) in [6.07, 6.45) is -5.55. The molecule has 1 fully saturated rings. The van der Waals surface area contributed by atoms with Crippen LogP contribution >= 0.6 is 0 Å². The molecule has 0 aliphatic carbocycles. The molecule has 4 aromatic rings. The molecule has 4 N–H and O–H groups in total. The maximum atomic E-state index is 12.7. The number of piperazine rings is 1. The molecular weight excluding hydrogens is 499 g/mol. The van der Waals surface area contributed by atoms with Gasteiger partial charge in [-0.1, -0.05) is 30.3 Å². The van der Waals surface area contributed by atoms with Crippen LogP contribution in [0, 0.1) is 0 Å². The summed E-state index contributed by atoms with van der Waals surface area (Å²) in [5, 5.41) is 24.6. The zero-order valence-electron chi connectivity index (χ0n) is 20.4. The first kappa shape index (κ1) is 25.9. The highest BCUT2D eigenvalue weighted by molar-refractivity contribution is 5.66. The number of hydrogen-bond acceptors (Lipinski definition) is 8. The number of alkyl halides is 3. The first-order valence-corrected chi connectivity index (χ1v) is 12.3. The molecule has 0 bridgehead atoms. The standard InChI is InChI=1S/C26H28F3N7O2/c27-26(28,29)38-21-4-1-3-19(17-21)22-5-2-6-23-33-25(34-36(22)23)32-20-9-7-18(8-10-20)24(37)31-13-16-35-14-11-30-12-15-35/h1-10,17,24,30-31,37H,11-16H2,(H,32,34). The highest BCUT2D eigenvalue weighted by Gasteiger charge is 2.31. The fourth-order valence-electron chi connectivity index (χ4n) is 4.32. The molecule has 38 heavy (non-hydrogen) atoms. The third-order valence-corrected chi connectivity index (χ3v) is 6.18. The molecular formula is C26H28F3N7O2. The van der Waals surface area contributed by atoms with E-state index >= 15 is 0 Å². The summed E-state index contributed by atoms with van der Waals surface area (Å²) in [4.78, 5) is 6.83. The van der Waals surface area contributed by atoms with Crippen molar-refractivity contribution in [2.45, 2.75) is 12.6 Å². The Morgan fingerprint density at radius 2 is 1.79 bits per heavy atom. The summed E-state index contributed by atoms with van der Waals surface area (Å²) in [7, 11) is 0. The van der Waals surface area contributed by atoms with Crippen molar-refractivity contribution in [2.75, 3.05) is 44.6 Å². The summed E-state index contributed by atoms with van der Waals surface area (Å²) in [6, 6.07) is 18.2. The molecule has 200 valence electrons. The average molecular weight is 528 g/mol. The third kappa shape index (κ3) is 6.58. The number of pyridine rings is 1. The molecule has 12 heteroatoms. The van der Waals surface area contributed by atoms with Crippen LogP contribution in [-0.2, 0) is 0 Å². The van der Waals surface area contributed by atoms with Crippen molar-refractivity contribution in [3.63, 3.8) is 0 Å². The van der Waals surface area contributed by atoms with Gasteiger partial charge in [0.05, 0.1) is 5.69 Å². The van der Waals surface area contributed by atoms with Gasteiger partial charge in [-0.15, -0.1) is 18.3 Å². The Labute approximate surface area is 217 Å². The number of fused-ring (bicyclic) bond motifs is 1. The molecule has 9 nitrogen and oxygen atoms in total. The van der Waals surface area contributed by atoms with Gasteiger partial charge < -0.3 is 20.5 Å². The monoisotopic (exact) mass is 527 g/mol. The summed E-state index contributed by atoms with van der Waals surface area (Å²) < 4.78 is 43.6. The SMILES string of the molecule is OC(NCCN1CCNCC1)c1ccc(Nc2nc3cccc(-c4cccc(OC(F)(F)F)c4)n3n2)cc1. The van der Waals surface area contributed by atoms with Crippen LogP contribution in [0.5, 0.6) is 5.75 Å². The number of aliphatic hydroxyl groups is 1. The van der Waals surface area contributed by atoms with Gasteiger partial charge in [0.1, 0.15) is 12.0 Å². The number of aliphatic hydroxyl groups excluding tert-OH is 1. The van der Waals surface area contributed by atoms with Crippen LogP contribution in [-0.4, -0.2) is 70.2 Å². The molecule has 2 aromatic heterocycles. The van der Waals surface area contributed by atoms with Gasteiger partial charge in [-0.05, 0) is 42.0 Å². The van der Waals surface area contributed by atoms with Crippen LogP contribution in [0.15, 0.2) is 66.7 Å². The molecule has 0 spiro atoms. The molecule has 1 aliphatic heterocycles. The molecule has 5 rings (SSSR count). The number of aromatic nitrogens is 3. The molecule has 1 unspecified atom stereocenters. The number of nitrogens with zero attached hydrogens (tertiary/aromatic N) is 4. The van der Waals surface area contributed by atoms with E-state index in [1.165, 1.54) is 18.2 Å². The molecule has 1 aliphatic rings. The van der Waals surface area contributed by atoms with E-state index < -0.39 is 12.6 Å². The quantitative estimate of drug-likeness (QED) is 0.246. The number of rotatable bonds is 9. The zero-order chi connectivity index (χ0) is 26.5. The largest absolute Gasteiger partial charge is 0.573 e. The van der Waals surface area contributed by atoms with Gasteiger partial charge in [-0.25, -0.2) is 4.52 Å². The minimum atomic E-state index is -4.78. The molecule has 2 aromatic carbocycles. The Balaban J connectivity index is 1.24. The summed E-state index contributed by atoms with van der Waals surface area (Å²) >= 11 is 0. The molecule has 0 amide bonds. The topological polar surface area (TPSA) is 99.0 Å². The van der Waals surface area contributed by atoms with E-state index in [2.05, 4.69) is 35.7 Å². The third-order valence-electron chi connectivity index (χ3n) is 6.18. The Bertz CT molecular complexity index is 1360. The Morgan fingerprint density at radius 1 is 1.03 bits per heavy atom. The predicted molar refractivity (Wildman–Crippen MR) is 137 cm³/mol. The molecule has 1 saturated heterocycles. The number of nitrogens with one attached hydrogen (secondary N) is 3. The van der Waals surface area contributed by atoms with Gasteiger partial charge in [0.2, 0.25) is 5.95 Å². The lowest BCUT2D eigenvalue weighted by atomic mass is 10.1. The van der Waals surface area contributed by atoms with Crippen molar-refractivity contribution in [2.24, 2.45) is 0 Å². The number of ether oxygens (including phenoxy) is 1. The molecule has 3 heterocycles. The second kappa shape index (κ2) is 11.4. The summed E-state index contributed by atoms with van der Waals surface area (Å²) in [6.45, 7) is 5.55. The number of anilines is 2. The van der Waals surface area contributed by atoms with Crippen LogP contribution in [0.4, 0.5) is 24.8 Å². The fraction of sp³-hybridized carbons (Fsp3) is 0.308. The highest BCUT2D eigenvalue weighted by Crippen LogP contribution is 2.28. The second-order valence-electron chi connectivity index (χ2n) is 8.89. The lowest BCUT2D eigenvalue weighted by Crippen LogP contribution is -2.46. The van der Waals surface area contributed by atoms with Gasteiger partial charge in [0.15, 0.2) is 5.65 Å². The smallest absolute Gasteiger partial charge is 0.406 e. The first-order valence-electron chi connectivity index (χ1n) is 12.3. The highest BCUT2D eigenvalue weighted by atomic mass is 19.4. The van der Waals surface area contributed by atoms with E-state index in [0.29, 0.717) is 29.4 Å². The second-order valence-corrected chi connectivity index (χ2v) is 8.89. The van der Waals surface area contributed by atoms with E-state index in [0.717, 1.165) is 44.0 Å². The average Bonchev–Trinajstić information content (AvgIpc) is 3.31. The van der Waals surface area contributed by atoms with Crippen LogP contribution in [0.3, 0.4) is 0 Å². The minimum Gasteiger partial charge on any atom is -0.406 e. The summed E-state index contributed by atoms with van der Waals surface area (Å²) in [5.41, 5.74) is 3.03. The van der Waals surface area contributed by atoms with Gasteiger partial charge in [0.25, 0.3) is 0 Å². The molecule has 1 atom stereocenters. The van der Waals surface area contributed by atoms with Crippen LogP contribution in [0.2, 0.25) is 0 Å². The Morgan fingerprint density at radius 3 is 2.55 bits per heavy atom. The van der Waals surface area contributed by atoms with E-state index in [4.69, 9.17) is 0 Å². The van der Waals surface area contributed by atoms with Crippen molar-refractivity contribution >= 4 is 17.3 Å². The van der Waals surface area contributed by atoms with E-state index in [1.807, 2.05) is 24.3 Å².